The van der Waals surface area contributed by atoms with E-state index in [0.717, 1.165) is 12.1 Å². The summed E-state index contributed by atoms with van der Waals surface area (Å²) in [6.07, 6.45) is 0. The fourth-order valence-electron chi connectivity index (χ4n) is 1.38. The fraction of sp³-hybridized carbons (Fsp3) is 0.462. The molecule has 4 nitrogen and oxygen atoms in total. The van der Waals surface area contributed by atoms with Gasteiger partial charge in [-0.05, 0) is 24.7 Å². The highest BCUT2D eigenvalue weighted by Gasteiger charge is 2.11. The first-order chi connectivity index (χ1) is 8.54. The lowest BCUT2D eigenvalue weighted by Gasteiger charge is -2.14. The Morgan fingerprint density at radius 3 is 2.89 bits per heavy atom. The van der Waals surface area contributed by atoms with Crippen LogP contribution in [0.5, 0.6) is 5.75 Å². The second-order valence-electron chi connectivity index (χ2n) is 4.15. The molecule has 0 heterocycles. The summed E-state index contributed by atoms with van der Waals surface area (Å²) in [5, 5.41) is 3.10. The highest BCUT2D eigenvalue weighted by molar-refractivity contribution is 5.76. The molecule has 1 amide bonds. The number of hydrogen-bond acceptors (Lipinski definition) is 3. The second-order valence-corrected chi connectivity index (χ2v) is 4.15. The number of carbonyl (C=O) groups is 1. The number of amides is 1. The highest BCUT2D eigenvalue weighted by atomic mass is 19.1. The van der Waals surface area contributed by atoms with Crippen molar-refractivity contribution in [3.05, 3.63) is 29.6 Å². The van der Waals surface area contributed by atoms with Gasteiger partial charge < -0.3 is 15.8 Å². The molecule has 3 N–H and O–H groups in total. The van der Waals surface area contributed by atoms with Gasteiger partial charge in [0.15, 0.2) is 0 Å². The second kappa shape index (κ2) is 6.96. The van der Waals surface area contributed by atoms with Crippen molar-refractivity contribution in [2.45, 2.75) is 20.4 Å². The van der Waals surface area contributed by atoms with Crippen molar-refractivity contribution in [3.8, 4) is 5.75 Å². The molecule has 1 rings (SSSR count). The van der Waals surface area contributed by atoms with Crippen LogP contribution in [0.2, 0.25) is 0 Å². The number of ether oxygens (including phenoxy) is 1. The van der Waals surface area contributed by atoms with Crippen molar-refractivity contribution in [2.75, 3.05) is 13.2 Å². The lowest BCUT2D eigenvalue weighted by atomic mass is 10.1. The maximum absolute atomic E-state index is 13.1. The zero-order valence-electron chi connectivity index (χ0n) is 10.7. The Morgan fingerprint density at radius 1 is 1.56 bits per heavy atom. The van der Waals surface area contributed by atoms with Crippen molar-refractivity contribution in [1.29, 1.82) is 0 Å². The van der Waals surface area contributed by atoms with Crippen molar-refractivity contribution in [3.63, 3.8) is 0 Å². The molecule has 0 aliphatic carbocycles. The molecule has 0 fully saturated rings. The molecular weight excluding hydrogens is 235 g/mol. The summed E-state index contributed by atoms with van der Waals surface area (Å²) in [7, 11) is 0. The number of benzene rings is 1. The average Bonchev–Trinajstić information content (AvgIpc) is 2.34. The van der Waals surface area contributed by atoms with Crippen LogP contribution in [0.1, 0.15) is 19.4 Å². The number of carbonyl (C=O) groups excluding carboxylic acids is 1. The molecule has 0 aliphatic rings. The van der Waals surface area contributed by atoms with E-state index in [1.54, 1.807) is 13.0 Å². The molecule has 1 unspecified atom stereocenters. The summed E-state index contributed by atoms with van der Waals surface area (Å²) in [5.74, 6) is -0.518. The predicted molar refractivity (Wildman–Crippen MR) is 67.6 cm³/mol. The molecule has 0 saturated heterocycles. The molecule has 0 aliphatic heterocycles. The third kappa shape index (κ3) is 4.33. The Hall–Kier alpha value is -1.62. The molecule has 0 aromatic heterocycles. The van der Waals surface area contributed by atoms with Crippen molar-refractivity contribution < 1.29 is 13.9 Å². The number of primary amides is 1. The third-order valence-corrected chi connectivity index (χ3v) is 2.56. The van der Waals surface area contributed by atoms with Gasteiger partial charge in [0.2, 0.25) is 5.91 Å². The van der Waals surface area contributed by atoms with Gasteiger partial charge in [-0.25, -0.2) is 4.39 Å². The minimum atomic E-state index is -0.412. The van der Waals surface area contributed by atoms with Crippen LogP contribution in [-0.4, -0.2) is 19.1 Å². The number of nitrogens with one attached hydrogen (secondary N) is 1. The van der Waals surface area contributed by atoms with Crippen molar-refractivity contribution >= 4 is 5.91 Å². The van der Waals surface area contributed by atoms with Crippen LogP contribution in [0.25, 0.3) is 0 Å². The Kier molecular flexibility index (Phi) is 5.58. The average molecular weight is 254 g/mol. The van der Waals surface area contributed by atoms with Gasteiger partial charge in [0.25, 0.3) is 0 Å². The fourth-order valence-corrected chi connectivity index (χ4v) is 1.38. The van der Waals surface area contributed by atoms with Gasteiger partial charge in [0.1, 0.15) is 11.6 Å². The van der Waals surface area contributed by atoms with Crippen LogP contribution < -0.4 is 15.8 Å². The van der Waals surface area contributed by atoms with Crippen LogP contribution in [-0.2, 0) is 11.3 Å². The number of rotatable bonds is 7. The Bertz CT molecular complexity index is 410. The van der Waals surface area contributed by atoms with E-state index >= 15 is 0 Å². The van der Waals surface area contributed by atoms with Gasteiger partial charge >= 0.3 is 0 Å². The molecule has 0 radical (unpaired) electrons. The summed E-state index contributed by atoms with van der Waals surface area (Å²) in [4.78, 5) is 10.9. The lowest BCUT2D eigenvalue weighted by Crippen LogP contribution is -2.26. The molecule has 1 atom stereocenters. The minimum Gasteiger partial charge on any atom is -0.492 e. The number of halogens is 1. The van der Waals surface area contributed by atoms with Crippen LogP contribution in [0.4, 0.5) is 4.39 Å². The minimum absolute atomic E-state index is 0.195. The topological polar surface area (TPSA) is 64.3 Å². The Labute approximate surface area is 106 Å². The molecule has 0 saturated carbocycles. The van der Waals surface area contributed by atoms with Gasteiger partial charge in [-0.15, -0.1) is 0 Å². The molecule has 1 aromatic rings. The molecule has 0 spiro atoms. The van der Waals surface area contributed by atoms with E-state index in [4.69, 9.17) is 10.5 Å². The lowest BCUT2D eigenvalue weighted by molar-refractivity contribution is -0.122. The smallest absolute Gasteiger partial charge is 0.223 e. The van der Waals surface area contributed by atoms with Gasteiger partial charge in [0.05, 0.1) is 12.5 Å². The zero-order chi connectivity index (χ0) is 13.5. The first-order valence-electron chi connectivity index (χ1n) is 5.95. The number of hydrogen-bond donors (Lipinski definition) is 2. The van der Waals surface area contributed by atoms with E-state index < -0.39 is 5.91 Å². The van der Waals surface area contributed by atoms with Crippen LogP contribution in [0.3, 0.4) is 0 Å². The van der Waals surface area contributed by atoms with E-state index in [2.05, 4.69) is 5.32 Å². The van der Waals surface area contributed by atoms with Crippen LogP contribution in [0, 0.1) is 11.7 Å². The van der Waals surface area contributed by atoms with Crippen molar-refractivity contribution in [2.24, 2.45) is 11.7 Å². The Morgan fingerprint density at radius 2 is 2.28 bits per heavy atom. The third-order valence-electron chi connectivity index (χ3n) is 2.56. The number of nitrogens with two attached hydrogens (primary N) is 1. The SMILES string of the molecule is CCNCc1cc(F)ccc1OCC(C)C(N)=O. The predicted octanol–water partition coefficient (Wildman–Crippen LogP) is 1.44. The van der Waals surface area contributed by atoms with E-state index in [1.165, 1.54) is 12.1 Å². The molecule has 100 valence electrons. The quantitative estimate of drug-likeness (QED) is 0.773. The normalized spacial score (nSPS) is 12.2. The molecule has 18 heavy (non-hydrogen) atoms. The van der Waals surface area contributed by atoms with Gasteiger partial charge in [-0.1, -0.05) is 13.8 Å². The molecule has 1 aromatic carbocycles. The summed E-state index contributed by atoms with van der Waals surface area (Å²) < 4.78 is 18.6. The van der Waals surface area contributed by atoms with E-state index in [1.807, 2.05) is 6.92 Å². The molecular formula is C13H19FN2O2. The summed E-state index contributed by atoms with van der Waals surface area (Å²) in [5.41, 5.74) is 5.88. The van der Waals surface area contributed by atoms with E-state index in [9.17, 15) is 9.18 Å². The van der Waals surface area contributed by atoms with Crippen molar-refractivity contribution in [1.82, 2.24) is 5.32 Å². The standard InChI is InChI=1S/C13H19FN2O2/c1-3-16-7-10-6-11(14)4-5-12(10)18-8-9(2)13(15)17/h4-6,9,16H,3,7-8H2,1-2H3,(H2,15,17). The highest BCUT2D eigenvalue weighted by Crippen LogP contribution is 2.20. The summed E-state index contributed by atoms with van der Waals surface area (Å²) >= 11 is 0. The monoisotopic (exact) mass is 254 g/mol. The summed E-state index contributed by atoms with van der Waals surface area (Å²) in [6, 6.07) is 4.32. The van der Waals surface area contributed by atoms with Gasteiger partial charge in [-0.3, -0.25) is 4.79 Å². The van der Waals surface area contributed by atoms with Gasteiger partial charge in [-0.2, -0.15) is 0 Å². The molecule has 0 bridgehead atoms. The summed E-state index contributed by atoms with van der Waals surface area (Å²) in [6.45, 7) is 5.16. The van der Waals surface area contributed by atoms with Crippen LogP contribution in [0.15, 0.2) is 18.2 Å². The largest absolute Gasteiger partial charge is 0.492 e. The first kappa shape index (κ1) is 14.4. The van der Waals surface area contributed by atoms with E-state index in [0.29, 0.717) is 12.3 Å². The maximum Gasteiger partial charge on any atom is 0.223 e. The molecule has 5 heteroatoms. The van der Waals surface area contributed by atoms with Gasteiger partial charge in [0, 0.05) is 12.1 Å². The first-order valence-corrected chi connectivity index (χ1v) is 5.95. The Balaban J connectivity index is 2.71. The van der Waals surface area contributed by atoms with Crippen LogP contribution >= 0.6 is 0 Å². The van der Waals surface area contributed by atoms with E-state index in [-0.39, 0.29) is 18.3 Å². The zero-order valence-corrected chi connectivity index (χ0v) is 10.7. The maximum atomic E-state index is 13.1.